The van der Waals surface area contributed by atoms with Crippen LogP contribution in [0.25, 0.3) is 10.2 Å². The first-order valence-corrected chi connectivity index (χ1v) is 28.7. The molecule has 15 nitrogen and oxygen atoms in total. The van der Waals surface area contributed by atoms with Gasteiger partial charge in [-0.15, -0.1) is 21.5 Å². The summed E-state index contributed by atoms with van der Waals surface area (Å²) in [5.41, 5.74) is 1.88. The molecular formula is C50H70FN8O7S2Si+. The van der Waals surface area contributed by atoms with Crippen LogP contribution in [0.3, 0.4) is 0 Å². The van der Waals surface area contributed by atoms with Gasteiger partial charge in [-0.3, -0.25) is 4.57 Å². The lowest BCUT2D eigenvalue weighted by Gasteiger charge is -2.29. The third-order valence-electron chi connectivity index (χ3n) is 10.9. The second-order valence-electron chi connectivity index (χ2n) is 19.8. The SMILES string of the molecule is COC(=O)c1nc(N(CCCCC[N+](C)(C)CCO)c2cc(C)c(/N=c3\sc4ccccc4n3COCC[Si](C)(C)C)nn2)sc1CCCOc1ccc(C#CCN(C)C(=O)OC(C)(C)C)cc1F. The summed E-state index contributed by atoms with van der Waals surface area (Å²) in [6.07, 6.45) is 3.07. The Kier molecular flexibility index (Phi) is 19.9. The number of anilines is 2. The predicted molar refractivity (Wildman–Crippen MR) is 275 cm³/mol. The van der Waals surface area contributed by atoms with E-state index in [0.717, 1.165) is 56.9 Å². The Bertz CT molecular complexity index is 2650. The molecule has 374 valence electrons. The fraction of sp³-hybridized carbons (Fsp3) is 0.520. The van der Waals surface area contributed by atoms with E-state index >= 15 is 4.39 Å². The molecule has 0 atom stereocenters. The molecule has 0 aliphatic carbocycles. The predicted octanol–water partition coefficient (Wildman–Crippen LogP) is 9.34. The molecule has 0 saturated carbocycles. The molecule has 0 unspecified atom stereocenters. The van der Waals surface area contributed by atoms with Gasteiger partial charge in [0.25, 0.3) is 0 Å². The Morgan fingerprint density at radius 1 is 1.00 bits per heavy atom. The fourth-order valence-corrected chi connectivity index (χ4v) is 9.80. The number of esters is 1. The summed E-state index contributed by atoms with van der Waals surface area (Å²) in [6.45, 7) is 18.0. The number of likely N-dealkylation sites (N-methyl/N-ethyl adjacent to an activating group) is 1. The molecule has 0 saturated heterocycles. The number of ether oxygens (including phenoxy) is 4. The number of aliphatic hydroxyl groups is 1. The van der Waals surface area contributed by atoms with Crippen LogP contribution >= 0.6 is 22.7 Å². The first-order chi connectivity index (χ1) is 32.7. The highest BCUT2D eigenvalue weighted by Crippen LogP contribution is 2.34. The van der Waals surface area contributed by atoms with Crippen LogP contribution in [0, 0.1) is 24.6 Å². The quantitative estimate of drug-likeness (QED) is 0.0219. The maximum absolute atomic E-state index is 15.1. The van der Waals surface area contributed by atoms with Gasteiger partial charge in [-0.2, -0.15) is 4.99 Å². The molecule has 19 heteroatoms. The molecule has 1 amide bonds. The highest BCUT2D eigenvalue weighted by Gasteiger charge is 2.25. The second-order valence-corrected chi connectivity index (χ2v) is 27.5. The summed E-state index contributed by atoms with van der Waals surface area (Å²) in [6, 6.07) is 15.7. The average Bonchev–Trinajstić information content (AvgIpc) is 3.86. The molecule has 0 spiro atoms. The molecule has 0 fully saturated rings. The molecule has 69 heavy (non-hydrogen) atoms. The summed E-state index contributed by atoms with van der Waals surface area (Å²) in [5.74, 6) is 5.77. The van der Waals surface area contributed by atoms with E-state index in [1.54, 1.807) is 45.2 Å². The number of carbonyl (C=O) groups is 2. The van der Waals surface area contributed by atoms with Crippen molar-refractivity contribution in [3.8, 4) is 17.6 Å². The number of rotatable bonds is 23. The van der Waals surface area contributed by atoms with E-state index in [1.807, 2.05) is 30.0 Å². The monoisotopic (exact) mass is 1010 g/mol. The third-order valence-corrected chi connectivity index (χ3v) is 14.8. The van der Waals surface area contributed by atoms with Gasteiger partial charge in [0.2, 0.25) is 0 Å². The van der Waals surface area contributed by atoms with Gasteiger partial charge in [0, 0.05) is 38.7 Å². The maximum atomic E-state index is 15.1. The van der Waals surface area contributed by atoms with Crippen molar-refractivity contribution in [2.24, 2.45) is 4.99 Å². The van der Waals surface area contributed by atoms with Gasteiger partial charge in [0.1, 0.15) is 18.9 Å². The minimum Gasteiger partial charge on any atom is -0.491 e. The van der Waals surface area contributed by atoms with Crippen molar-refractivity contribution in [1.82, 2.24) is 24.6 Å². The molecule has 0 aliphatic rings. The zero-order chi connectivity index (χ0) is 50.4. The molecule has 2 aromatic carbocycles. The fourth-order valence-electron chi connectivity index (χ4n) is 6.90. The van der Waals surface area contributed by atoms with Gasteiger partial charge in [-0.1, -0.05) is 55.0 Å². The number of aromatic nitrogens is 4. The number of benzene rings is 2. The summed E-state index contributed by atoms with van der Waals surface area (Å²) >= 11 is 2.95. The first-order valence-electron chi connectivity index (χ1n) is 23.4. The van der Waals surface area contributed by atoms with Gasteiger partial charge < -0.3 is 38.3 Å². The zero-order valence-corrected chi connectivity index (χ0v) is 44.8. The Morgan fingerprint density at radius 3 is 2.46 bits per heavy atom. The van der Waals surface area contributed by atoms with Crippen molar-refractivity contribution in [3.05, 3.63) is 80.8 Å². The minimum absolute atomic E-state index is 0.0754. The normalized spacial score (nSPS) is 12.2. The van der Waals surface area contributed by atoms with E-state index in [-0.39, 0.29) is 31.2 Å². The van der Waals surface area contributed by atoms with E-state index in [1.165, 1.54) is 35.5 Å². The van der Waals surface area contributed by atoms with Gasteiger partial charge in [-0.05, 0) is 108 Å². The number of thiazole rings is 2. The average molecular weight is 1010 g/mol. The number of nitrogens with zero attached hydrogens (tertiary/aromatic N) is 8. The van der Waals surface area contributed by atoms with Gasteiger partial charge in [0.15, 0.2) is 38.8 Å². The standard InChI is InChI=1S/C50H70FN8O7S2Si/c1-36-33-43(54-55-45(36)53-48-58(35-64-31-32-69(9,10)11)39-20-13-14-21-41(39)67-48)57(26-15-12-16-27-59(6,7)28-29-60)47-52-44(46(61)63-8)42(68-47)22-18-30-65-40-24-23-37(34-38(40)51)19-17-25-56(5)49(62)66-50(2,3)4/h13-14,20-21,23-24,33-34,60H,12,15-16,18,22,25-32,35H2,1-11H3/q+1/b53-48-. The molecule has 3 heterocycles. The Hall–Kier alpha value is -5.23. The first kappa shape index (κ1) is 54.7. The van der Waals surface area contributed by atoms with Crippen LogP contribution in [0.4, 0.5) is 26.0 Å². The number of aryl methyl sites for hydroxylation is 2. The topological polar surface area (TPSA) is 154 Å². The summed E-state index contributed by atoms with van der Waals surface area (Å²) < 4.78 is 41.6. The van der Waals surface area contributed by atoms with Crippen LogP contribution in [0.1, 0.15) is 72.9 Å². The van der Waals surface area contributed by atoms with Crippen molar-refractivity contribution in [2.45, 2.75) is 97.8 Å². The van der Waals surface area contributed by atoms with Crippen LogP contribution in [0.5, 0.6) is 5.75 Å². The number of carbonyl (C=O) groups excluding carboxylic acids is 2. The third kappa shape index (κ3) is 17.0. The van der Waals surface area contributed by atoms with Crippen molar-refractivity contribution < 1.29 is 42.5 Å². The number of quaternary nitrogens is 1. The second kappa shape index (κ2) is 25.1. The largest absolute Gasteiger partial charge is 0.491 e. The molecule has 0 radical (unpaired) electrons. The maximum Gasteiger partial charge on any atom is 0.410 e. The summed E-state index contributed by atoms with van der Waals surface area (Å²) in [5, 5.41) is 19.5. The molecule has 5 rings (SSSR count). The van der Waals surface area contributed by atoms with Crippen molar-refractivity contribution >= 4 is 69.8 Å². The number of halogens is 1. The molecule has 0 aliphatic heterocycles. The van der Waals surface area contributed by atoms with E-state index in [2.05, 4.69) is 67.4 Å². The van der Waals surface area contributed by atoms with Crippen LogP contribution in [0.15, 0.2) is 53.5 Å². The molecule has 5 aromatic rings. The molecule has 0 bridgehead atoms. The van der Waals surface area contributed by atoms with Crippen molar-refractivity contribution in [2.75, 3.05) is 79.2 Å². The van der Waals surface area contributed by atoms with Gasteiger partial charge >= 0.3 is 12.1 Å². The number of hydrogen-bond acceptors (Lipinski definition) is 14. The number of amides is 1. The van der Waals surface area contributed by atoms with Crippen LogP contribution in [-0.2, 0) is 27.4 Å². The van der Waals surface area contributed by atoms with E-state index in [4.69, 9.17) is 34.0 Å². The highest BCUT2D eigenvalue weighted by molar-refractivity contribution is 7.16. The number of para-hydroxylation sites is 1. The van der Waals surface area contributed by atoms with E-state index in [9.17, 15) is 14.7 Å². The molecule has 1 N–H and O–H groups in total. The summed E-state index contributed by atoms with van der Waals surface area (Å²) in [7, 11) is 5.89. The van der Waals surface area contributed by atoms with E-state index < -0.39 is 31.6 Å². The van der Waals surface area contributed by atoms with Gasteiger partial charge in [0.05, 0.1) is 57.7 Å². The number of fused-ring (bicyclic) bond motifs is 1. The van der Waals surface area contributed by atoms with E-state index in [0.29, 0.717) is 66.5 Å². The minimum atomic E-state index is -1.26. The van der Waals surface area contributed by atoms with Gasteiger partial charge in [-0.25, -0.2) is 19.0 Å². The molecule has 3 aromatic heterocycles. The number of methoxy groups -OCH3 is 1. The van der Waals surface area contributed by atoms with Crippen LogP contribution in [-0.4, -0.2) is 134 Å². The lowest BCUT2D eigenvalue weighted by atomic mass is 10.2. The summed E-state index contributed by atoms with van der Waals surface area (Å²) in [4.78, 5) is 40.1. The Balaban J connectivity index is 1.34. The Labute approximate surface area is 415 Å². The number of aliphatic hydroxyl groups excluding tert-OH is 1. The Morgan fingerprint density at radius 2 is 1.77 bits per heavy atom. The van der Waals surface area contributed by atoms with Crippen LogP contribution in [0.2, 0.25) is 25.7 Å². The van der Waals surface area contributed by atoms with Crippen LogP contribution < -0.4 is 14.4 Å². The zero-order valence-electron chi connectivity index (χ0n) is 42.2. The van der Waals surface area contributed by atoms with Crippen molar-refractivity contribution in [1.29, 1.82) is 0 Å². The highest BCUT2D eigenvalue weighted by atomic mass is 32.1. The van der Waals surface area contributed by atoms with Crippen molar-refractivity contribution in [3.63, 3.8) is 0 Å². The number of hydrogen-bond donors (Lipinski definition) is 1. The smallest absolute Gasteiger partial charge is 0.410 e. The molecular weight excluding hydrogens is 936 g/mol. The lowest BCUT2D eigenvalue weighted by Crippen LogP contribution is -2.42. The lowest BCUT2D eigenvalue weighted by molar-refractivity contribution is -0.890. The number of unbranched alkanes of at least 4 members (excludes halogenated alkanes) is 2.